The number of hydrogen-bond acceptors (Lipinski definition) is 4. The summed E-state index contributed by atoms with van der Waals surface area (Å²) in [6.07, 6.45) is 3.86. The first-order chi connectivity index (χ1) is 15.5. The quantitative estimate of drug-likeness (QED) is 0.667. The van der Waals surface area contributed by atoms with Crippen molar-refractivity contribution >= 4 is 17.4 Å². The number of para-hydroxylation sites is 1. The summed E-state index contributed by atoms with van der Waals surface area (Å²) < 4.78 is 0. The van der Waals surface area contributed by atoms with Crippen molar-refractivity contribution in [2.24, 2.45) is 0 Å². The van der Waals surface area contributed by atoms with Crippen LogP contribution in [0.1, 0.15) is 53.6 Å². The van der Waals surface area contributed by atoms with E-state index in [4.69, 9.17) is 0 Å². The van der Waals surface area contributed by atoms with Gasteiger partial charge in [-0.05, 0) is 50.8 Å². The van der Waals surface area contributed by atoms with Crippen molar-refractivity contribution in [2.45, 2.75) is 58.0 Å². The molecule has 170 valence electrons. The second-order valence-electron chi connectivity index (χ2n) is 9.35. The third-order valence-corrected chi connectivity index (χ3v) is 6.94. The zero-order valence-electron chi connectivity index (χ0n) is 19.3. The van der Waals surface area contributed by atoms with Crippen LogP contribution in [0.3, 0.4) is 0 Å². The first-order valence-electron chi connectivity index (χ1n) is 11.9. The highest BCUT2D eigenvalue weighted by atomic mass is 16.2. The van der Waals surface area contributed by atoms with Gasteiger partial charge in [0.25, 0.3) is 0 Å². The van der Waals surface area contributed by atoms with Gasteiger partial charge in [0.15, 0.2) is 5.78 Å². The predicted molar refractivity (Wildman–Crippen MR) is 129 cm³/mol. The van der Waals surface area contributed by atoms with Crippen LogP contribution >= 0.6 is 0 Å². The van der Waals surface area contributed by atoms with Gasteiger partial charge in [0.1, 0.15) is 0 Å². The van der Waals surface area contributed by atoms with E-state index < -0.39 is 0 Å². The molecule has 2 fully saturated rings. The van der Waals surface area contributed by atoms with Gasteiger partial charge in [0, 0.05) is 62.4 Å². The number of hydrogen-bond donors (Lipinski definition) is 1. The fraction of sp³-hybridized carbons (Fsp3) is 0.481. The second kappa shape index (κ2) is 10.3. The topological polar surface area (TPSA) is 52.7 Å². The Kier molecular flexibility index (Phi) is 7.26. The molecular formula is C27H35N3O2. The molecule has 2 aromatic carbocycles. The molecule has 4 rings (SSSR count). The number of anilines is 1. The van der Waals surface area contributed by atoms with E-state index in [0.29, 0.717) is 11.6 Å². The number of piperidine rings is 1. The van der Waals surface area contributed by atoms with Gasteiger partial charge in [-0.15, -0.1) is 0 Å². The van der Waals surface area contributed by atoms with E-state index in [1.54, 1.807) is 0 Å². The number of Topliss-reactive ketones (excluding diaryl/α,β-unsaturated/α-hetero) is 1. The molecule has 2 aliphatic heterocycles. The second-order valence-corrected chi connectivity index (χ2v) is 9.35. The normalized spacial score (nSPS) is 19.8. The summed E-state index contributed by atoms with van der Waals surface area (Å²) in [5.41, 5.74) is 4.46. The Balaban J connectivity index is 1.19. The number of likely N-dealkylation sites (tertiary alicyclic amines) is 1. The first-order valence-corrected chi connectivity index (χ1v) is 11.9. The van der Waals surface area contributed by atoms with Crippen molar-refractivity contribution in [1.29, 1.82) is 0 Å². The number of rotatable bonds is 7. The molecule has 0 unspecified atom stereocenters. The Hall–Kier alpha value is -2.66. The van der Waals surface area contributed by atoms with Crippen LogP contribution in [-0.2, 0) is 4.79 Å². The molecule has 2 heterocycles. The minimum atomic E-state index is -0.00720. The number of ketones is 1. The highest BCUT2D eigenvalue weighted by molar-refractivity contribution is 5.98. The molecule has 5 heteroatoms. The molecular weight excluding hydrogens is 398 g/mol. The molecule has 0 aromatic heterocycles. The number of carbonyl (C=O) groups excluding carboxylic acids is 2. The Labute approximate surface area is 191 Å². The molecule has 0 radical (unpaired) electrons. The molecule has 0 aliphatic carbocycles. The van der Waals surface area contributed by atoms with Crippen LogP contribution in [0.25, 0.3) is 0 Å². The Bertz CT molecular complexity index is 949. The van der Waals surface area contributed by atoms with Crippen LogP contribution in [0.2, 0.25) is 0 Å². The monoisotopic (exact) mass is 433 g/mol. The van der Waals surface area contributed by atoms with Gasteiger partial charge in [0.2, 0.25) is 5.91 Å². The summed E-state index contributed by atoms with van der Waals surface area (Å²) in [6, 6.07) is 17.0. The minimum absolute atomic E-state index is 0.00720. The third kappa shape index (κ3) is 5.57. The minimum Gasteiger partial charge on any atom is -0.371 e. The van der Waals surface area contributed by atoms with E-state index in [9.17, 15) is 9.59 Å². The van der Waals surface area contributed by atoms with Crippen LogP contribution < -0.4 is 10.2 Å². The number of nitrogens with zero attached hydrogens (tertiary/aromatic N) is 2. The highest BCUT2D eigenvalue weighted by Crippen LogP contribution is 2.27. The SMILES string of the molecule is Cc1cccc(C(=O)CCC(=O)N[C@@H]2CCN(C3CCN(c4ccccc4C)CC3)C2)c1. The van der Waals surface area contributed by atoms with Gasteiger partial charge in [-0.25, -0.2) is 0 Å². The summed E-state index contributed by atoms with van der Waals surface area (Å²) in [5.74, 6) is 0.0320. The van der Waals surface area contributed by atoms with Crippen LogP contribution in [0.15, 0.2) is 48.5 Å². The molecule has 0 saturated carbocycles. The van der Waals surface area contributed by atoms with Crippen molar-refractivity contribution in [1.82, 2.24) is 10.2 Å². The van der Waals surface area contributed by atoms with Gasteiger partial charge in [-0.2, -0.15) is 0 Å². The van der Waals surface area contributed by atoms with Crippen LogP contribution in [0, 0.1) is 13.8 Å². The van der Waals surface area contributed by atoms with E-state index >= 15 is 0 Å². The fourth-order valence-corrected chi connectivity index (χ4v) is 5.12. The van der Waals surface area contributed by atoms with Crippen molar-refractivity contribution in [2.75, 3.05) is 31.1 Å². The maximum atomic E-state index is 12.4. The summed E-state index contributed by atoms with van der Waals surface area (Å²) >= 11 is 0. The van der Waals surface area contributed by atoms with Crippen LogP contribution in [0.5, 0.6) is 0 Å². The lowest BCUT2D eigenvalue weighted by Gasteiger charge is -2.38. The number of amides is 1. The Morgan fingerprint density at radius 2 is 1.72 bits per heavy atom. The summed E-state index contributed by atoms with van der Waals surface area (Å²) in [5, 5.41) is 3.16. The lowest BCUT2D eigenvalue weighted by atomic mass is 10.0. The first kappa shape index (κ1) is 22.5. The van der Waals surface area contributed by atoms with Crippen molar-refractivity contribution in [3.05, 3.63) is 65.2 Å². The van der Waals surface area contributed by atoms with Gasteiger partial charge in [-0.1, -0.05) is 42.0 Å². The average molecular weight is 434 g/mol. The lowest BCUT2D eigenvalue weighted by molar-refractivity contribution is -0.121. The molecule has 2 aliphatic rings. The zero-order chi connectivity index (χ0) is 22.5. The van der Waals surface area contributed by atoms with Gasteiger partial charge < -0.3 is 10.2 Å². The molecule has 0 spiro atoms. The van der Waals surface area contributed by atoms with E-state index in [1.807, 2.05) is 31.2 Å². The Morgan fingerprint density at radius 1 is 0.938 bits per heavy atom. The van der Waals surface area contributed by atoms with Crippen molar-refractivity contribution in [3.63, 3.8) is 0 Å². The molecule has 5 nitrogen and oxygen atoms in total. The Morgan fingerprint density at radius 3 is 2.47 bits per heavy atom. The van der Waals surface area contributed by atoms with E-state index in [2.05, 4.69) is 46.3 Å². The molecule has 1 atom stereocenters. The highest BCUT2D eigenvalue weighted by Gasteiger charge is 2.31. The third-order valence-electron chi connectivity index (χ3n) is 6.94. The molecule has 32 heavy (non-hydrogen) atoms. The number of benzene rings is 2. The molecule has 1 N–H and O–H groups in total. The van der Waals surface area contributed by atoms with Crippen LogP contribution in [-0.4, -0.2) is 54.9 Å². The number of nitrogens with one attached hydrogen (secondary N) is 1. The van der Waals surface area contributed by atoms with E-state index in [1.165, 1.54) is 24.1 Å². The summed E-state index contributed by atoms with van der Waals surface area (Å²) in [7, 11) is 0. The van der Waals surface area contributed by atoms with Crippen molar-refractivity contribution in [3.8, 4) is 0 Å². The average Bonchev–Trinajstić information content (AvgIpc) is 3.26. The smallest absolute Gasteiger partial charge is 0.220 e. The predicted octanol–water partition coefficient (Wildman–Crippen LogP) is 4.13. The van der Waals surface area contributed by atoms with Gasteiger partial charge in [-0.3, -0.25) is 14.5 Å². The number of aryl methyl sites for hydroxylation is 2. The summed E-state index contributed by atoms with van der Waals surface area (Å²) in [4.78, 5) is 29.8. The van der Waals surface area contributed by atoms with E-state index in [-0.39, 0.29) is 30.6 Å². The molecule has 2 saturated heterocycles. The fourth-order valence-electron chi connectivity index (χ4n) is 5.12. The largest absolute Gasteiger partial charge is 0.371 e. The van der Waals surface area contributed by atoms with Crippen molar-refractivity contribution < 1.29 is 9.59 Å². The maximum Gasteiger partial charge on any atom is 0.220 e. The maximum absolute atomic E-state index is 12.4. The van der Waals surface area contributed by atoms with Crippen LogP contribution in [0.4, 0.5) is 5.69 Å². The molecule has 2 aromatic rings. The van der Waals surface area contributed by atoms with E-state index in [0.717, 1.165) is 38.2 Å². The standard InChI is InChI=1S/C27H35N3O2/c1-20-6-5-8-22(18-20)26(31)10-11-27(32)28-23-12-15-30(19-23)24-13-16-29(17-14-24)25-9-4-3-7-21(25)2/h3-9,18,23-24H,10-17,19H2,1-2H3,(H,28,32)/t23-/m1/s1. The molecule has 1 amide bonds. The lowest BCUT2D eigenvalue weighted by Crippen LogP contribution is -2.45. The van der Waals surface area contributed by atoms with Gasteiger partial charge >= 0.3 is 0 Å². The zero-order valence-corrected chi connectivity index (χ0v) is 19.3. The number of carbonyl (C=O) groups is 2. The van der Waals surface area contributed by atoms with Gasteiger partial charge in [0.05, 0.1) is 0 Å². The summed E-state index contributed by atoms with van der Waals surface area (Å²) in [6.45, 7) is 8.30. The molecule has 0 bridgehead atoms.